The summed E-state index contributed by atoms with van der Waals surface area (Å²) in [4.78, 5) is 16.2. The molecular formula is C19H23N3O2. The number of amides is 2. The van der Waals surface area contributed by atoms with Crippen LogP contribution in [0.5, 0.6) is 0 Å². The van der Waals surface area contributed by atoms with Crippen LogP contribution in [0.2, 0.25) is 0 Å². The van der Waals surface area contributed by atoms with Crippen molar-refractivity contribution >= 4 is 23.1 Å². The van der Waals surface area contributed by atoms with Crippen LogP contribution in [-0.4, -0.2) is 42.3 Å². The molecule has 0 unspecified atom stereocenters. The fourth-order valence-electron chi connectivity index (χ4n) is 2.93. The summed E-state index contributed by atoms with van der Waals surface area (Å²) in [6.45, 7) is 2.64. The standard InChI is InChI=1S/C19H23N3O2/c1-14(13-23)21(2)19(24)20-16-8-4-6-10-18(16)22-12-11-15-7-3-5-9-17(15)22/h3-10,14,23H,11-13H2,1-2H3,(H,20,24)/t14-/m1/s1. The highest BCUT2D eigenvalue weighted by molar-refractivity contribution is 5.94. The Kier molecular flexibility index (Phi) is 4.71. The molecule has 2 aromatic rings. The van der Waals surface area contributed by atoms with Crippen LogP contribution < -0.4 is 10.2 Å². The topological polar surface area (TPSA) is 55.8 Å². The number of carbonyl (C=O) groups is 1. The molecule has 0 bridgehead atoms. The van der Waals surface area contributed by atoms with Crippen LogP contribution in [0, 0.1) is 0 Å². The molecule has 2 N–H and O–H groups in total. The van der Waals surface area contributed by atoms with Crippen LogP contribution in [0.15, 0.2) is 48.5 Å². The third kappa shape index (κ3) is 3.08. The summed E-state index contributed by atoms with van der Waals surface area (Å²) in [6, 6.07) is 15.7. The molecule has 0 aliphatic carbocycles. The predicted octanol–water partition coefficient (Wildman–Crippen LogP) is 3.23. The number of aliphatic hydroxyl groups excluding tert-OH is 1. The van der Waals surface area contributed by atoms with Crippen LogP contribution in [0.3, 0.4) is 0 Å². The number of anilines is 3. The first-order valence-corrected chi connectivity index (χ1v) is 8.21. The van der Waals surface area contributed by atoms with Gasteiger partial charge in [0.2, 0.25) is 0 Å². The van der Waals surface area contributed by atoms with Gasteiger partial charge in [0.1, 0.15) is 0 Å². The second-order valence-electron chi connectivity index (χ2n) is 6.12. The van der Waals surface area contributed by atoms with Gasteiger partial charge >= 0.3 is 6.03 Å². The SMILES string of the molecule is C[C@H](CO)N(C)C(=O)Nc1ccccc1N1CCc2ccccc21. The number of nitrogens with zero attached hydrogens (tertiary/aromatic N) is 2. The van der Waals surface area contributed by atoms with Gasteiger partial charge in [-0.1, -0.05) is 30.3 Å². The first-order valence-electron chi connectivity index (χ1n) is 8.21. The van der Waals surface area contributed by atoms with Gasteiger partial charge in [0.15, 0.2) is 0 Å². The van der Waals surface area contributed by atoms with E-state index in [-0.39, 0.29) is 18.7 Å². The van der Waals surface area contributed by atoms with Gasteiger partial charge in [0, 0.05) is 19.3 Å². The number of carbonyl (C=O) groups excluding carboxylic acids is 1. The monoisotopic (exact) mass is 325 g/mol. The van der Waals surface area contributed by atoms with Crippen LogP contribution in [0.4, 0.5) is 21.9 Å². The molecule has 0 fully saturated rings. The highest BCUT2D eigenvalue weighted by atomic mass is 16.3. The fourth-order valence-corrected chi connectivity index (χ4v) is 2.93. The van der Waals surface area contributed by atoms with Gasteiger partial charge in [-0.2, -0.15) is 0 Å². The summed E-state index contributed by atoms with van der Waals surface area (Å²) < 4.78 is 0. The Labute approximate surface area is 142 Å². The highest BCUT2D eigenvalue weighted by Gasteiger charge is 2.23. The summed E-state index contributed by atoms with van der Waals surface area (Å²) in [5.74, 6) is 0. The van der Waals surface area contributed by atoms with Gasteiger partial charge in [-0.15, -0.1) is 0 Å². The van der Waals surface area contributed by atoms with Gasteiger partial charge in [-0.05, 0) is 37.1 Å². The smallest absolute Gasteiger partial charge is 0.321 e. The lowest BCUT2D eigenvalue weighted by molar-refractivity contribution is 0.166. The molecule has 24 heavy (non-hydrogen) atoms. The van der Waals surface area contributed by atoms with Gasteiger partial charge < -0.3 is 20.2 Å². The Balaban J connectivity index is 1.86. The second-order valence-corrected chi connectivity index (χ2v) is 6.12. The van der Waals surface area contributed by atoms with Crippen LogP contribution >= 0.6 is 0 Å². The summed E-state index contributed by atoms with van der Waals surface area (Å²) >= 11 is 0. The lowest BCUT2D eigenvalue weighted by Crippen LogP contribution is -2.40. The van der Waals surface area contributed by atoms with Gasteiger partial charge in [-0.3, -0.25) is 0 Å². The number of nitrogens with one attached hydrogen (secondary N) is 1. The molecule has 126 valence electrons. The van der Waals surface area contributed by atoms with Crippen molar-refractivity contribution in [3.63, 3.8) is 0 Å². The molecule has 0 saturated carbocycles. The minimum Gasteiger partial charge on any atom is -0.394 e. The van der Waals surface area contributed by atoms with E-state index in [1.807, 2.05) is 37.3 Å². The number of aliphatic hydroxyl groups is 1. The first kappa shape index (κ1) is 16.3. The molecule has 3 rings (SSSR count). The van der Waals surface area contributed by atoms with Gasteiger partial charge in [0.05, 0.1) is 24.0 Å². The average molecular weight is 325 g/mol. The Hall–Kier alpha value is -2.53. The maximum absolute atomic E-state index is 12.4. The minimum absolute atomic E-state index is 0.0644. The molecule has 1 atom stereocenters. The van der Waals surface area contributed by atoms with E-state index >= 15 is 0 Å². The largest absolute Gasteiger partial charge is 0.394 e. The number of benzene rings is 2. The molecule has 1 aliphatic rings. The van der Waals surface area contributed by atoms with Crippen LogP contribution in [-0.2, 0) is 6.42 Å². The fraction of sp³-hybridized carbons (Fsp3) is 0.316. The number of hydrogen-bond acceptors (Lipinski definition) is 3. The first-order chi connectivity index (χ1) is 11.6. The molecule has 1 aliphatic heterocycles. The Morgan fingerprint density at radius 3 is 2.62 bits per heavy atom. The van der Waals surface area contributed by atoms with E-state index < -0.39 is 0 Å². The number of para-hydroxylation sites is 3. The van der Waals surface area contributed by atoms with Crippen molar-refractivity contribution in [3.05, 3.63) is 54.1 Å². The summed E-state index contributed by atoms with van der Waals surface area (Å²) in [5, 5.41) is 12.2. The summed E-state index contributed by atoms with van der Waals surface area (Å²) in [5.41, 5.74) is 4.28. The molecule has 1 heterocycles. The molecular weight excluding hydrogens is 302 g/mol. The van der Waals surface area contributed by atoms with E-state index in [9.17, 15) is 9.90 Å². The lowest BCUT2D eigenvalue weighted by Gasteiger charge is -2.26. The zero-order chi connectivity index (χ0) is 17.1. The molecule has 0 spiro atoms. The second kappa shape index (κ2) is 6.93. The van der Waals surface area contributed by atoms with Crippen molar-refractivity contribution in [2.24, 2.45) is 0 Å². The third-order valence-corrected chi connectivity index (χ3v) is 4.57. The highest BCUT2D eigenvalue weighted by Crippen LogP contribution is 2.38. The van der Waals surface area contributed by atoms with Crippen molar-refractivity contribution < 1.29 is 9.90 Å². The van der Waals surface area contributed by atoms with Crippen LogP contribution in [0.25, 0.3) is 0 Å². The van der Waals surface area contributed by atoms with E-state index in [4.69, 9.17) is 0 Å². The quantitative estimate of drug-likeness (QED) is 0.907. The van der Waals surface area contributed by atoms with Crippen molar-refractivity contribution in [3.8, 4) is 0 Å². The molecule has 0 radical (unpaired) electrons. The molecule has 5 nitrogen and oxygen atoms in total. The summed E-state index contributed by atoms with van der Waals surface area (Å²) in [6.07, 6.45) is 1.000. The third-order valence-electron chi connectivity index (χ3n) is 4.57. The Morgan fingerprint density at radius 1 is 1.21 bits per heavy atom. The van der Waals surface area contributed by atoms with Crippen LogP contribution in [0.1, 0.15) is 12.5 Å². The van der Waals surface area contributed by atoms with E-state index in [0.717, 1.165) is 24.3 Å². The van der Waals surface area contributed by atoms with E-state index in [1.165, 1.54) is 16.2 Å². The lowest BCUT2D eigenvalue weighted by atomic mass is 10.2. The molecule has 2 amide bonds. The van der Waals surface area contributed by atoms with Gasteiger partial charge in [0.25, 0.3) is 0 Å². The van der Waals surface area contributed by atoms with E-state index in [1.54, 1.807) is 7.05 Å². The average Bonchev–Trinajstić information content (AvgIpc) is 3.04. The molecule has 2 aromatic carbocycles. The molecule has 0 saturated heterocycles. The number of hydrogen-bond donors (Lipinski definition) is 2. The number of urea groups is 1. The minimum atomic E-state index is -0.232. The predicted molar refractivity (Wildman–Crippen MR) is 96.9 cm³/mol. The van der Waals surface area contributed by atoms with E-state index in [0.29, 0.717) is 0 Å². The normalized spacial score (nSPS) is 14.2. The van der Waals surface area contributed by atoms with E-state index in [2.05, 4.69) is 28.4 Å². The number of fused-ring (bicyclic) bond motifs is 1. The summed E-state index contributed by atoms with van der Waals surface area (Å²) in [7, 11) is 1.68. The van der Waals surface area contributed by atoms with Gasteiger partial charge in [-0.25, -0.2) is 4.79 Å². The number of rotatable bonds is 4. The molecule has 5 heteroatoms. The van der Waals surface area contributed by atoms with Crippen molar-refractivity contribution in [2.45, 2.75) is 19.4 Å². The Morgan fingerprint density at radius 2 is 1.88 bits per heavy atom. The molecule has 0 aromatic heterocycles. The zero-order valence-corrected chi connectivity index (χ0v) is 14.1. The maximum atomic E-state index is 12.4. The van der Waals surface area contributed by atoms with Crippen molar-refractivity contribution in [2.75, 3.05) is 30.4 Å². The van der Waals surface area contributed by atoms with Crippen molar-refractivity contribution in [1.82, 2.24) is 4.90 Å². The number of likely N-dealkylation sites (N-methyl/N-ethyl adjacent to an activating group) is 1. The maximum Gasteiger partial charge on any atom is 0.321 e. The zero-order valence-electron chi connectivity index (χ0n) is 14.1. The van der Waals surface area contributed by atoms with Crippen molar-refractivity contribution in [1.29, 1.82) is 0 Å². The Bertz CT molecular complexity index is 732.